The van der Waals surface area contributed by atoms with E-state index in [4.69, 9.17) is 4.74 Å². The van der Waals surface area contributed by atoms with Crippen LogP contribution in [0.1, 0.15) is 31.0 Å². The summed E-state index contributed by atoms with van der Waals surface area (Å²) in [5.74, 6) is 1.75. The van der Waals surface area contributed by atoms with Gasteiger partial charge in [-0.15, -0.1) is 0 Å². The van der Waals surface area contributed by atoms with Crippen molar-refractivity contribution in [3.63, 3.8) is 0 Å². The summed E-state index contributed by atoms with van der Waals surface area (Å²) in [4.78, 5) is 0. The van der Waals surface area contributed by atoms with E-state index in [2.05, 4.69) is 53.3 Å². The van der Waals surface area contributed by atoms with E-state index >= 15 is 0 Å². The van der Waals surface area contributed by atoms with Gasteiger partial charge in [-0.05, 0) is 50.2 Å². The Bertz CT molecular complexity index is 566. The van der Waals surface area contributed by atoms with Crippen molar-refractivity contribution in [1.82, 2.24) is 5.32 Å². The lowest BCUT2D eigenvalue weighted by atomic mass is 10.1. The van der Waals surface area contributed by atoms with Crippen LogP contribution in [0.4, 0.5) is 0 Å². The minimum absolute atomic E-state index is 0.244. The third kappa shape index (κ3) is 3.62. The molecular weight excluding hydrogens is 314 g/mol. The maximum Gasteiger partial charge on any atom is 0.133 e. The first-order valence-electron chi connectivity index (χ1n) is 6.87. The smallest absolute Gasteiger partial charge is 0.133 e. The van der Waals surface area contributed by atoms with Gasteiger partial charge in [0.15, 0.2) is 0 Å². The van der Waals surface area contributed by atoms with Gasteiger partial charge < -0.3 is 10.1 Å². The fraction of sp³-hybridized carbons (Fsp3) is 0.294. The molecule has 0 fully saturated rings. The van der Waals surface area contributed by atoms with Crippen LogP contribution in [0.3, 0.4) is 0 Å². The van der Waals surface area contributed by atoms with Crippen molar-refractivity contribution in [3.05, 3.63) is 58.1 Å². The standard InChI is InChI=1S/C17H20BrNO/c1-4-13-5-8-15(9-6-13)20-17-11-14(18)7-10-16(17)12(2)19-3/h5-12,19H,4H2,1-3H3. The Balaban J connectivity index is 2.28. The Kier molecular flexibility index (Phi) is 5.21. The molecule has 1 unspecified atom stereocenters. The van der Waals surface area contributed by atoms with Gasteiger partial charge in [0, 0.05) is 16.1 Å². The number of aryl methyl sites for hydroxylation is 1. The topological polar surface area (TPSA) is 21.3 Å². The largest absolute Gasteiger partial charge is 0.457 e. The molecule has 0 radical (unpaired) electrons. The lowest BCUT2D eigenvalue weighted by Gasteiger charge is -2.17. The lowest BCUT2D eigenvalue weighted by molar-refractivity contribution is 0.466. The van der Waals surface area contributed by atoms with Crippen molar-refractivity contribution in [1.29, 1.82) is 0 Å². The number of nitrogens with one attached hydrogen (secondary N) is 1. The third-order valence-electron chi connectivity index (χ3n) is 3.43. The van der Waals surface area contributed by atoms with Crippen molar-refractivity contribution < 1.29 is 4.74 Å². The number of benzene rings is 2. The van der Waals surface area contributed by atoms with Crippen LogP contribution in [0.25, 0.3) is 0 Å². The molecule has 20 heavy (non-hydrogen) atoms. The van der Waals surface area contributed by atoms with E-state index in [0.717, 1.165) is 28.0 Å². The summed E-state index contributed by atoms with van der Waals surface area (Å²) in [6.45, 7) is 4.27. The van der Waals surface area contributed by atoms with Gasteiger partial charge >= 0.3 is 0 Å². The normalized spacial score (nSPS) is 12.2. The van der Waals surface area contributed by atoms with Crippen LogP contribution in [0.5, 0.6) is 11.5 Å². The molecule has 0 aliphatic heterocycles. The summed E-state index contributed by atoms with van der Waals surface area (Å²) in [7, 11) is 1.95. The summed E-state index contributed by atoms with van der Waals surface area (Å²) in [6.07, 6.45) is 1.04. The molecule has 0 heterocycles. The molecule has 0 bridgehead atoms. The fourth-order valence-corrected chi connectivity index (χ4v) is 2.37. The van der Waals surface area contributed by atoms with E-state index in [0.29, 0.717) is 0 Å². The summed E-state index contributed by atoms with van der Waals surface area (Å²) in [5, 5.41) is 3.25. The zero-order chi connectivity index (χ0) is 14.5. The van der Waals surface area contributed by atoms with Crippen molar-refractivity contribution in [2.24, 2.45) is 0 Å². The summed E-state index contributed by atoms with van der Waals surface area (Å²) < 4.78 is 7.06. The molecule has 2 aromatic carbocycles. The summed E-state index contributed by atoms with van der Waals surface area (Å²) in [6, 6.07) is 14.6. The van der Waals surface area contributed by atoms with Crippen LogP contribution in [0, 0.1) is 0 Å². The van der Waals surface area contributed by atoms with Gasteiger partial charge in [0.2, 0.25) is 0 Å². The minimum atomic E-state index is 0.244. The van der Waals surface area contributed by atoms with Crippen molar-refractivity contribution in [2.45, 2.75) is 26.3 Å². The van der Waals surface area contributed by atoms with Gasteiger partial charge in [-0.3, -0.25) is 0 Å². The van der Waals surface area contributed by atoms with Gasteiger partial charge in [-0.2, -0.15) is 0 Å². The zero-order valence-electron chi connectivity index (χ0n) is 12.1. The van der Waals surface area contributed by atoms with Crippen LogP contribution >= 0.6 is 15.9 Å². The van der Waals surface area contributed by atoms with E-state index in [1.54, 1.807) is 0 Å². The highest BCUT2D eigenvalue weighted by atomic mass is 79.9. The second-order valence-corrected chi connectivity index (χ2v) is 5.71. The number of hydrogen-bond donors (Lipinski definition) is 1. The maximum absolute atomic E-state index is 6.04. The number of halogens is 1. The quantitative estimate of drug-likeness (QED) is 0.823. The number of ether oxygens (including phenoxy) is 1. The zero-order valence-corrected chi connectivity index (χ0v) is 13.7. The second-order valence-electron chi connectivity index (χ2n) is 4.79. The molecule has 2 nitrogen and oxygen atoms in total. The highest BCUT2D eigenvalue weighted by molar-refractivity contribution is 9.10. The minimum Gasteiger partial charge on any atom is -0.457 e. The van der Waals surface area contributed by atoms with E-state index < -0.39 is 0 Å². The SMILES string of the molecule is CCc1ccc(Oc2cc(Br)ccc2C(C)NC)cc1. The first-order chi connectivity index (χ1) is 9.63. The molecular formula is C17H20BrNO. The molecule has 0 saturated heterocycles. The number of rotatable bonds is 5. The van der Waals surface area contributed by atoms with E-state index in [9.17, 15) is 0 Å². The first kappa shape index (κ1) is 15.1. The van der Waals surface area contributed by atoms with Crippen LogP contribution in [0.15, 0.2) is 46.9 Å². The molecule has 1 atom stereocenters. The van der Waals surface area contributed by atoms with Gasteiger partial charge in [-0.25, -0.2) is 0 Å². The fourth-order valence-electron chi connectivity index (χ4n) is 2.03. The van der Waals surface area contributed by atoms with E-state index in [-0.39, 0.29) is 6.04 Å². The summed E-state index contributed by atoms with van der Waals surface area (Å²) >= 11 is 3.50. The second kappa shape index (κ2) is 6.91. The molecule has 106 valence electrons. The van der Waals surface area contributed by atoms with Gasteiger partial charge in [-0.1, -0.05) is 41.1 Å². The Hall–Kier alpha value is -1.32. The molecule has 0 aliphatic rings. The van der Waals surface area contributed by atoms with Crippen LogP contribution in [-0.4, -0.2) is 7.05 Å². The maximum atomic E-state index is 6.04. The Morgan fingerprint density at radius 1 is 1.15 bits per heavy atom. The number of hydrogen-bond acceptors (Lipinski definition) is 2. The van der Waals surface area contributed by atoms with Gasteiger partial charge in [0.05, 0.1) is 0 Å². The van der Waals surface area contributed by atoms with Gasteiger partial charge in [0.1, 0.15) is 11.5 Å². The molecule has 2 rings (SSSR count). The Morgan fingerprint density at radius 2 is 1.85 bits per heavy atom. The molecule has 0 aromatic heterocycles. The summed E-state index contributed by atoms with van der Waals surface area (Å²) in [5.41, 5.74) is 2.46. The monoisotopic (exact) mass is 333 g/mol. The molecule has 3 heteroatoms. The molecule has 1 N–H and O–H groups in total. The lowest BCUT2D eigenvalue weighted by Crippen LogP contribution is -2.13. The highest BCUT2D eigenvalue weighted by Gasteiger charge is 2.11. The van der Waals surface area contributed by atoms with E-state index in [1.165, 1.54) is 5.56 Å². The highest BCUT2D eigenvalue weighted by Crippen LogP contribution is 2.32. The Labute approximate surface area is 129 Å². The first-order valence-corrected chi connectivity index (χ1v) is 7.66. The third-order valence-corrected chi connectivity index (χ3v) is 3.93. The predicted molar refractivity (Wildman–Crippen MR) is 87.5 cm³/mol. The molecule has 0 amide bonds. The van der Waals surface area contributed by atoms with Crippen LogP contribution in [0.2, 0.25) is 0 Å². The van der Waals surface area contributed by atoms with E-state index in [1.807, 2.05) is 31.3 Å². The van der Waals surface area contributed by atoms with Gasteiger partial charge in [0.25, 0.3) is 0 Å². The molecule has 2 aromatic rings. The molecule has 0 spiro atoms. The predicted octanol–water partition coefficient (Wildman–Crippen LogP) is 5.08. The van der Waals surface area contributed by atoms with Crippen molar-refractivity contribution >= 4 is 15.9 Å². The average Bonchev–Trinajstić information content (AvgIpc) is 2.47. The van der Waals surface area contributed by atoms with Crippen molar-refractivity contribution in [2.75, 3.05) is 7.05 Å². The van der Waals surface area contributed by atoms with Crippen LogP contribution < -0.4 is 10.1 Å². The Morgan fingerprint density at radius 3 is 2.45 bits per heavy atom. The van der Waals surface area contributed by atoms with Crippen molar-refractivity contribution in [3.8, 4) is 11.5 Å². The molecule has 0 aliphatic carbocycles. The molecule has 0 saturated carbocycles. The average molecular weight is 334 g/mol. The van der Waals surface area contributed by atoms with Crippen LogP contribution in [-0.2, 0) is 6.42 Å².